The van der Waals surface area contributed by atoms with Crippen molar-refractivity contribution in [1.82, 2.24) is 5.32 Å². The number of methoxy groups -OCH3 is 1. The molecule has 0 radical (unpaired) electrons. The van der Waals surface area contributed by atoms with Crippen LogP contribution in [-0.2, 0) is 16.1 Å². The van der Waals surface area contributed by atoms with Gasteiger partial charge in [-0.1, -0.05) is 42.8 Å². The van der Waals surface area contributed by atoms with Crippen LogP contribution in [0.2, 0.25) is 0 Å². The molecule has 2 amide bonds. The summed E-state index contributed by atoms with van der Waals surface area (Å²) in [6.45, 7) is 0.342. The number of esters is 1. The number of hydrogen-bond acceptors (Lipinski definition) is 4. The third-order valence-electron chi connectivity index (χ3n) is 4.74. The zero-order valence-corrected chi connectivity index (χ0v) is 15.3. The number of urea groups is 1. The molecule has 2 aromatic carbocycles. The number of hydrogen-bond donors (Lipinski definition) is 2. The summed E-state index contributed by atoms with van der Waals surface area (Å²) in [5, 5.41) is 5.77. The van der Waals surface area contributed by atoms with Crippen molar-refractivity contribution in [2.24, 2.45) is 5.92 Å². The van der Waals surface area contributed by atoms with Crippen molar-refractivity contribution < 1.29 is 19.1 Å². The van der Waals surface area contributed by atoms with Gasteiger partial charge in [-0.2, -0.15) is 0 Å². The van der Waals surface area contributed by atoms with Gasteiger partial charge in [-0.25, -0.2) is 4.79 Å². The molecule has 0 heterocycles. The molecule has 0 bridgehead atoms. The van der Waals surface area contributed by atoms with E-state index in [-0.39, 0.29) is 24.0 Å². The molecule has 0 aromatic heterocycles. The summed E-state index contributed by atoms with van der Waals surface area (Å²) < 4.78 is 10.6. The minimum absolute atomic E-state index is 0.204. The number of amides is 2. The van der Waals surface area contributed by atoms with Crippen molar-refractivity contribution in [2.45, 2.75) is 31.9 Å². The van der Waals surface area contributed by atoms with Crippen LogP contribution in [0.3, 0.4) is 0 Å². The van der Waals surface area contributed by atoms with Crippen molar-refractivity contribution in [3.63, 3.8) is 0 Å². The molecule has 2 aromatic rings. The first kappa shape index (κ1) is 18.8. The summed E-state index contributed by atoms with van der Waals surface area (Å²) in [6.07, 6.45) is 2.40. The Morgan fingerprint density at radius 2 is 1.78 bits per heavy atom. The second-order valence-corrected chi connectivity index (χ2v) is 6.52. The van der Waals surface area contributed by atoms with E-state index in [9.17, 15) is 9.59 Å². The number of anilines is 1. The Labute approximate surface area is 158 Å². The van der Waals surface area contributed by atoms with Crippen molar-refractivity contribution in [3.8, 4) is 5.75 Å². The van der Waals surface area contributed by atoms with Crippen molar-refractivity contribution >= 4 is 17.7 Å². The van der Waals surface area contributed by atoms with E-state index in [1.165, 1.54) is 7.11 Å². The molecule has 1 aliphatic carbocycles. The SMILES string of the molecule is COC(=O)C1CCCC1NC(=O)Nc1ccccc1COc1ccccc1. The zero-order chi connectivity index (χ0) is 19.1. The number of nitrogens with one attached hydrogen (secondary N) is 2. The molecular weight excluding hydrogens is 344 g/mol. The molecule has 2 N–H and O–H groups in total. The fourth-order valence-corrected chi connectivity index (χ4v) is 3.34. The highest BCUT2D eigenvalue weighted by Crippen LogP contribution is 2.27. The number of para-hydroxylation sites is 2. The van der Waals surface area contributed by atoms with E-state index in [0.717, 1.165) is 30.6 Å². The Bertz CT molecular complexity index is 779. The van der Waals surface area contributed by atoms with Gasteiger partial charge < -0.3 is 20.1 Å². The van der Waals surface area contributed by atoms with E-state index in [1.54, 1.807) is 0 Å². The molecule has 1 aliphatic rings. The van der Waals surface area contributed by atoms with Gasteiger partial charge in [0.15, 0.2) is 0 Å². The first-order valence-corrected chi connectivity index (χ1v) is 9.08. The summed E-state index contributed by atoms with van der Waals surface area (Å²) in [5.41, 5.74) is 1.55. The fourth-order valence-electron chi connectivity index (χ4n) is 3.34. The highest BCUT2D eigenvalue weighted by atomic mass is 16.5. The molecule has 0 aliphatic heterocycles. The standard InChI is InChI=1S/C21H24N2O4/c1-26-20(24)17-11-7-13-19(17)23-21(25)22-18-12-6-5-8-15(18)14-27-16-9-3-2-4-10-16/h2-6,8-10,12,17,19H,7,11,13-14H2,1H3,(H2,22,23,25). The maximum absolute atomic E-state index is 12.4. The number of carbonyl (C=O) groups excluding carboxylic acids is 2. The minimum atomic E-state index is -0.331. The maximum Gasteiger partial charge on any atom is 0.319 e. The van der Waals surface area contributed by atoms with Gasteiger partial charge in [0.2, 0.25) is 0 Å². The zero-order valence-electron chi connectivity index (χ0n) is 15.3. The average Bonchev–Trinajstić information content (AvgIpc) is 3.15. The molecule has 0 saturated heterocycles. The van der Waals surface area contributed by atoms with Crippen LogP contribution < -0.4 is 15.4 Å². The van der Waals surface area contributed by atoms with Gasteiger partial charge in [0.25, 0.3) is 0 Å². The lowest BCUT2D eigenvalue weighted by molar-refractivity contribution is -0.145. The molecule has 142 valence electrons. The van der Waals surface area contributed by atoms with Gasteiger partial charge in [-0.15, -0.1) is 0 Å². The molecule has 3 rings (SSSR count). The molecule has 2 atom stereocenters. The van der Waals surface area contributed by atoms with Crippen LogP contribution in [0.15, 0.2) is 54.6 Å². The highest BCUT2D eigenvalue weighted by Gasteiger charge is 2.34. The van der Waals surface area contributed by atoms with E-state index in [0.29, 0.717) is 12.3 Å². The van der Waals surface area contributed by atoms with Gasteiger partial charge in [-0.05, 0) is 31.0 Å². The molecule has 2 unspecified atom stereocenters. The van der Waals surface area contributed by atoms with Gasteiger partial charge in [0.1, 0.15) is 12.4 Å². The van der Waals surface area contributed by atoms with Gasteiger partial charge >= 0.3 is 12.0 Å². The average molecular weight is 368 g/mol. The van der Waals surface area contributed by atoms with Crippen LogP contribution in [-0.4, -0.2) is 25.2 Å². The Hall–Kier alpha value is -3.02. The Balaban J connectivity index is 1.60. The third-order valence-corrected chi connectivity index (χ3v) is 4.74. The second-order valence-electron chi connectivity index (χ2n) is 6.52. The predicted molar refractivity (Wildman–Crippen MR) is 103 cm³/mol. The predicted octanol–water partition coefficient (Wildman–Crippen LogP) is 3.73. The van der Waals surface area contributed by atoms with Crippen molar-refractivity contribution in [3.05, 3.63) is 60.2 Å². The second kappa shape index (κ2) is 9.07. The smallest absolute Gasteiger partial charge is 0.319 e. The molecule has 1 fully saturated rings. The van der Waals surface area contributed by atoms with Crippen molar-refractivity contribution in [1.29, 1.82) is 0 Å². The largest absolute Gasteiger partial charge is 0.489 e. The molecule has 1 saturated carbocycles. The number of ether oxygens (including phenoxy) is 2. The first-order valence-electron chi connectivity index (χ1n) is 9.08. The van der Waals surface area contributed by atoms with E-state index in [2.05, 4.69) is 10.6 Å². The van der Waals surface area contributed by atoms with Crippen molar-refractivity contribution in [2.75, 3.05) is 12.4 Å². The Morgan fingerprint density at radius 1 is 1.04 bits per heavy atom. The van der Waals surface area contributed by atoms with Gasteiger partial charge in [-0.3, -0.25) is 4.79 Å². The Kier molecular flexibility index (Phi) is 6.30. The van der Waals surface area contributed by atoms with Crippen LogP contribution in [0, 0.1) is 5.92 Å². The number of carbonyl (C=O) groups is 2. The van der Waals surface area contributed by atoms with Gasteiger partial charge in [0.05, 0.1) is 13.0 Å². The molecule has 27 heavy (non-hydrogen) atoms. The Morgan fingerprint density at radius 3 is 2.56 bits per heavy atom. The third kappa shape index (κ3) is 5.00. The van der Waals surface area contributed by atoms with Crippen LogP contribution in [0.25, 0.3) is 0 Å². The molecule has 0 spiro atoms. The quantitative estimate of drug-likeness (QED) is 0.762. The molecular formula is C21H24N2O4. The first-order chi connectivity index (χ1) is 13.2. The van der Waals surface area contributed by atoms with Crippen LogP contribution in [0.1, 0.15) is 24.8 Å². The van der Waals surface area contributed by atoms with Crippen LogP contribution in [0.4, 0.5) is 10.5 Å². The molecule has 6 nitrogen and oxygen atoms in total. The normalized spacial score (nSPS) is 18.6. The van der Waals surface area contributed by atoms with Crippen LogP contribution >= 0.6 is 0 Å². The van der Waals surface area contributed by atoms with E-state index in [1.807, 2.05) is 54.6 Å². The topological polar surface area (TPSA) is 76.7 Å². The minimum Gasteiger partial charge on any atom is -0.489 e. The van der Waals surface area contributed by atoms with E-state index < -0.39 is 0 Å². The lowest BCUT2D eigenvalue weighted by atomic mass is 10.0. The fraction of sp³-hybridized carbons (Fsp3) is 0.333. The summed E-state index contributed by atoms with van der Waals surface area (Å²) in [5.74, 6) is 0.218. The number of rotatable bonds is 6. The van der Waals surface area contributed by atoms with E-state index >= 15 is 0 Å². The summed E-state index contributed by atoms with van der Waals surface area (Å²) in [6, 6.07) is 16.5. The lowest BCUT2D eigenvalue weighted by Crippen LogP contribution is -2.42. The number of benzene rings is 2. The molecule has 6 heteroatoms. The highest BCUT2D eigenvalue weighted by molar-refractivity contribution is 5.90. The van der Waals surface area contributed by atoms with Gasteiger partial charge in [0, 0.05) is 17.3 Å². The maximum atomic E-state index is 12.4. The van der Waals surface area contributed by atoms with Crippen LogP contribution in [0.5, 0.6) is 5.75 Å². The summed E-state index contributed by atoms with van der Waals surface area (Å²) >= 11 is 0. The lowest BCUT2D eigenvalue weighted by Gasteiger charge is -2.20. The summed E-state index contributed by atoms with van der Waals surface area (Å²) in [7, 11) is 1.38. The van der Waals surface area contributed by atoms with E-state index in [4.69, 9.17) is 9.47 Å². The monoisotopic (exact) mass is 368 g/mol. The summed E-state index contributed by atoms with van der Waals surface area (Å²) in [4.78, 5) is 24.3.